The summed E-state index contributed by atoms with van der Waals surface area (Å²) in [5.74, 6) is 0. The van der Waals surface area contributed by atoms with E-state index in [-0.39, 0.29) is 4.90 Å². The molecule has 6 heteroatoms. The van der Waals surface area contributed by atoms with Crippen LogP contribution in [0.4, 0.5) is 11.4 Å². The first kappa shape index (κ1) is 17.8. The van der Waals surface area contributed by atoms with Gasteiger partial charge < -0.3 is 9.80 Å². The summed E-state index contributed by atoms with van der Waals surface area (Å²) >= 11 is 0. The van der Waals surface area contributed by atoms with Gasteiger partial charge in [-0.15, -0.1) is 0 Å². The Bertz CT molecular complexity index is 1060. The topological polar surface area (TPSA) is 53.9 Å². The van der Waals surface area contributed by atoms with E-state index in [4.69, 9.17) is 0 Å². The van der Waals surface area contributed by atoms with E-state index >= 15 is 0 Å². The average Bonchev–Trinajstić information content (AvgIpc) is 2.68. The quantitative estimate of drug-likeness (QED) is 0.726. The summed E-state index contributed by atoms with van der Waals surface area (Å²) in [5.41, 5.74) is 1.57. The lowest BCUT2D eigenvalue weighted by atomic mass is 10.1. The van der Waals surface area contributed by atoms with Gasteiger partial charge in [-0.3, -0.25) is 4.72 Å². The standard InChI is InChI=1S/C21H23N3O2S/c1-23-12-14-24(15-13-23)21-9-5-4-8-20(21)22-27(25,26)19-11-10-17-6-2-3-7-18(17)16-19/h2-11,16,22H,12-15H2,1H3/p+1. The minimum Gasteiger partial charge on any atom is -0.359 e. The largest absolute Gasteiger partial charge is 0.359 e. The van der Waals surface area contributed by atoms with Crippen LogP contribution in [0.5, 0.6) is 0 Å². The monoisotopic (exact) mass is 382 g/mol. The van der Waals surface area contributed by atoms with Gasteiger partial charge in [0.05, 0.1) is 49.5 Å². The number of nitrogens with zero attached hydrogens (tertiary/aromatic N) is 1. The van der Waals surface area contributed by atoms with Gasteiger partial charge in [-0.25, -0.2) is 8.42 Å². The van der Waals surface area contributed by atoms with Crippen molar-refractivity contribution in [3.8, 4) is 0 Å². The molecule has 0 saturated carbocycles. The van der Waals surface area contributed by atoms with Gasteiger partial charge >= 0.3 is 0 Å². The maximum Gasteiger partial charge on any atom is 0.261 e. The van der Waals surface area contributed by atoms with E-state index in [2.05, 4.69) is 16.7 Å². The van der Waals surface area contributed by atoms with Crippen molar-refractivity contribution in [3.63, 3.8) is 0 Å². The maximum absolute atomic E-state index is 13.0. The Morgan fingerprint density at radius 3 is 2.33 bits per heavy atom. The predicted octanol–water partition coefficient (Wildman–Crippen LogP) is 1.98. The van der Waals surface area contributed by atoms with Crippen molar-refractivity contribution in [1.29, 1.82) is 0 Å². The molecule has 140 valence electrons. The molecule has 0 aromatic heterocycles. The third-order valence-corrected chi connectivity index (χ3v) is 6.50. The lowest BCUT2D eigenvalue weighted by molar-refractivity contribution is -0.880. The zero-order valence-corrected chi connectivity index (χ0v) is 16.2. The third kappa shape index (κ3) is 3.77. The molecule has 2 N–H and O–H groups in total. The molecule has 27 heavy (non-hydrogen) atoms. The highest BCUT2D eigenvalue weighted by Crippen LogP contribution is 2.28. The molecule has 0 spiro atoms. The average molecular weight is 383 g/mol. The van der Waals surface area contributed by atoms with Crippen LogP contribution in [0.3, 0.4) is 0 Å². The van der Waals surface area contributed by atoms with Crippen molar-refractivity contribution in [3.05, 3.63) is 66.7 Å². The zero-order valence-electron chi connectivity index (χ0n) is 15.4. The molecule has 1 heterocycles. The summed E-state index contributed by atoms with van der Waals surface area (Å²) in [6.45, 7) is 3.93. The fraction of sp³-hybridized carbons (Fsp3) is 0.238. The molecule has 3 aromatic carbocycles. The molecule has 0 radical (unpaired) electrons. The molecule has 0 unspecified atom stereocenters. The van der Waals surface area contributed by atoms with Crippen LogP contribution in [0.2, 0.25) is 0 Å². The fourth-order valence-corrected chi connectivity index (χ4v) is 4.61. The SMILES string of the molecule is C[NH+]1CCN(c2ccccc2NS(=O)(=O)c2ccc3ccccc3c2)CC1. The van der Waals surface area contributed by atoms with Crippen LogP contribution in [0.25, 0.3) is 10.8 Å². The van der Waals surface area contributed by atoms with Crippen LogP contribution >= 0.6 is 0 Å². The second-order valence-corrected chi connectivity index (χ2v) is 8.76. The van der Waals surface area contributed by atoms with E-state index < -0.39 is 10.0 Å². The van der Waals surface area contributed by atoms with E-state index in [1.54, 1.807) is 12.1 Å². The number of benzene rings is 3. The van der Waals surface area contributed by atoms with Crippen molar-refractivity contribution >= 4 is 32.2 Å². The molecule has 1 fully saturated rings. The smallest absolute Gasteiger partial charge is 0.261 e. The second-order valence-electron chi connectivity index (χ2n) is 7.08. The lowest BCUT2D eigenvalue weighted by Gasteiger charge is -2.33. The molecule has 4 rings (SSSR count). The van der Waals surface area contributed by atoms with Crippen molar-refractivity contribution in [1.82, 2.24) is 0 Å². The molecule has 5 nitrogen and oxygen atoms in total. The van der Waals surface area contributed by atoms with E-state index in [9.17, 15) is 8.42 Å². The van der Waals surface area contributed by atoms with Gasteiger partial charge in [-0.1, -0.05) is 42.5 Å². The first-order valence-corrected chi connectivity index (χ1v) is 10.7. The predicted molar refractivity (Wildman–Crippen MR) is 110 cm³/mol. The number of sulfonamides is 1. The molecule has 3 aromatic rings. The molecular formula is C21H24N3O2S+. The fourth-order valence-electron chi connectivity index (χ4n) is 3.50. The van der Waals surface area contributed by atoms with Crippen LogP contribution in [-0.4, -0.2) is 41.6 Å². The van der Waals surface area contributed by atoms with Gasteiger partial charge in [0, 0.05) is 0 Å². The minimum absolute atomic E-state index is 0.277. The van der Waals surface area contributed by atoms with Gasteiger partial charge in [0.15, 0.2) is 0 Å². The summed E-state index contributed by atoms with van der Waals surface area (Å²) in [7, 11) is -1.47. The maximum atomic E-state index is 13.0. The first-order valence-electron chi connectivity index (χ1n) is 9.20. The minimum atomic E-state index is -3.66. The highest BCUT2D eigenvalue weighted by Gasteiger charge is 2.22. The summed E-state index contributed by atoms with van der Waals surface area (Å²) in [6.07, 6.45) is 0. The Hall–Kier alpha value is -2.57. The number of fused-ring (bicyclic) bond motifs is 1. The van der Waals surface area contributed by atoms with E-state index in [1.165, 1.54) is 4.90 Å². The number of quaternary nitrogens is 1. The highest BCUT2D eigenvalue weighted by molar-refractivity contribution is 7.92. The van der Waals surface area contributed by atoms with Crippen molar-refractivity contribution < 1.29 is 13.3 Å². The molecule has 1 aliphatic heterocycles. The van der Waals surface area contributed by atoms with Gasteiger partial charge in [0.1, 0.15) is 0 Å². The number of rotatable bonds is 4. The van der Waals surface area contributed by atoms with Gasteiger partial charge in [-0.2, -0.15) is 0 Å². The van der Waals surface area contributed by atoms with Crippen LogP contribution in [0.1, 0.15) is 0 Å². The Kier molecular flexibility index (Phi) is 4.76. The van der Waals surface area contributed by atoms with Gasteiger partial charge in [-0.05, 0) is 35.0 Å². The van der Waals surface area contributed by atoms with E-state index in [0.717, 1.165) is 42.6 Å². The molecule has 0 aliphatic carbocycles. The summed E-state index contributed by atoms with van der Waals surface area (Å²) in [6, 6.07) is 20.6. The molecule has 0 amide bonds. The molecule has 0 atom stereocenters. The van der Waals surface area contributed by atoms with Crippen LogP contribution in [0, 0.1) is 0 Å². The normalized spacial score (nSPS) is 15.8. The number of piperazine rings is 1. The summed E-state index contributed by atoms with van der Waals surface area (Å²) in [4.78, 5) is 4.03. The molecule has 0 bridgehead atoms. The number of hydrogen-bond acceptors (Lipinski definition) is 3. The molecule has 1 aliphatic rings. The first-order chi connectivity index (χ1) is 13.0. The molecule has 1 saturated heterocycles. The summed E-state index contributed by atoms with van der Waals surface area (Å²) < 4.78 is 28.8. The Labute approximate surface area is 160 Å². The van der Waals surface area contributed by atoms with Crippen molar-refractivity contribution in [2.45, 2.75) is 4.90 Å². The molecular weight excluding hydrogens is 358 g/mol. The van der Waals surface area contributed by atoms with Crippen LogP contribution in [0.15, 0.2) is 71.6 Å². The Balaban J connectivity index is 1.64. The summed E-state index contributed by atoms with van der Waals surface area (Å²) in [5, 5.41) is 1.94. The Morgan fingerprint density at radius 2 is 1.56 bits per heavy atom. The lowest BCUT2D eigenvalue weighted by Crippen LogP contribution is -3.12. The van der Waals surface area contributed by atoms with E-state index in [0.29, 0.717) is 5.69 Å². The van der Waals surface area contributed by atoms with Gasteiger partial charge in [0.25, 0.3) is 10.0 Å². The van der Waals surface area contributed by atoms with Crippen molar-refractivity contribution in [2.24, 2.45) is 0 Å². The number of likely N-dealkylation sites (N-methyl/N-ethyl adjacent to an activating group) is 1. The number of hydrogen-bond donors (Lipinski definition) is 2. The number of para-hydroxylation sites is 2. The zero-order chi connectivity index (χ0) is 18.9. The number of anilines is 2. The third-order valence-electron chi connectivity index (χ3n) is 5.14. The van der Waals surface area contributed by atoms with Crippen LogP contribution < -0.4 is 14.5 Å². The van der Waals surface area contributed by atoms with E-state index in [1.807, 2.05) is 54.6 Å². The second kappa shape index (κ2) is 7.21. The van der Waals surface area contributed by atoms with Crippen molar-refractivity contribution in [2.75, 3.05) is 42.8 Å². The van der Waals surface area contributed by atoms with Gasteiger partial charge in [0.2, 0.25) is 0 Å². The Morgan fingerprint density at radius 1 is 0.889 bits per heavy atom. The highest BCUT2D eigenvalue weighted by atomic mass is 32.2. The van der Waals surface area contributed by atoms with Crippen LogP contribution in [-0.2, 0) is 10.0 Å². The number of nitrogens with one attached hydrogen (secondary N) is 2.